The molecule has 1 aromatic carbocycles. The van der Waals surface area contributed by atoms with E-state index in [0.717, 1.165) is 37.6 Å². The van der Waals surface area contributed by atoms with E-state index < -0.39 is 0 Å². The van der Waals surface area contributed by atoms with Gasteiger partial charge in [0, 0.05) is 51.8 Å². The van der Waals surface area contributed by atoms with Gasteiger partial charge in [-0.15, -0.1) is 10.2 Å². The molecule has 0 aliphatic carbocycles. The quantitative estimate of drug-likeness (QED) is 0.888. The van der Waals surface area contributed by atoms with Gasteiger partial charge in [0.25, 0.3) is 0 Å². The molecule has 0 bridgehead atoms. The lowest BCUT2D eigenvalue weighted by Crippen LogP contribution is -2.24. The summed E-state index contributed by atoms with van der Waals surface area (Å²) < 4.78 is 2.28. The number of aryl methyl sites for hydroxylation is 1. The van der Waals surface area contributed by atoms with Crippen molar-refractivity contribution in [2.24, 2.45) is 0 Å². The Hall–Kier alpha value is -1.88. The van der Waals surface area contributed by atoms with E-state index in [0.29, 0.717) is 6.04 Å². The van der Waals surface area contributed by atoms with Crippen LogP contribution in [-0.4, -0.2) is 35.4 Å². The second-order valence-electron chi connectivity index (χ2n) is 6.17. The highest BCUT2D eigenvalue weighted by Crippen LogP contribution is 2.24. The second-order valence-corrected chi connectivity index (χ2v) is 6.17. The summed E-state index contributed by atoms with van der Waals surface area (Å²) in [6, 6.07) is 8.87. The highest BCUT2D eigenvalue weighted by atomic mass is 15.3. The molecule has 2 aromatic rings. The van der Waals surface area contributed by atoms with Gasteiger partial charge in [0.2, 0.25) is 0 Å². The zero-order valence-corrected chi connectivity index (χ0v) is 13.7. The maximum atomic E-state index is 4.32. The van der Waals surface area contributed by atoms with Crippen molar-refractivity contribution in [3.8, 4) is 0 Å². The standard InChI is InChI=1S/C17H25N5/c1-13(14-7-4-5-8-15(14)21(2)3)18-11-10-17-20-19-16-9-6-12-22(16)17/h4-5,7-8,13,18H,6,9-12H2,1-3H3/t13-/m1/s1. The van der Waals surface area contributed by atoms with Crippen LogP contribution in [0.2, 0.25) is 0 Å². The molecule has 1 N–H and O–H groups in total. The first-order chi connectivity index (χ1) is 10.7. The lowest BCUT2D eigenvalue weighted by molar-refractivity contribution is 0.559. The smallest absolute Gasteiger partial charge is 0.134 e. The maximum absolute atomic E-state index is 4.32. The minimum Gasteiger partial charge on any atom is -0.377 e. The van der Waals surface area contributed by atoms with E-state index in [1.807, 2.05) is 0 Å². The van der Waals surface area contributed by atoms with Gasteiger partial charge in [-0.3, -0.25) is 0 Å². The summed E-state index contributed by atoms with van der Waals surface area (Å²) in [5.74, 6) is 2.27. The zero-order chi connectivity index (χ0) is 15.5. The molecule has 5 heteroatoms. The van der Waals surface area contributed by atoms with Crippen LogP contribution in [0.3, 0.4) is 0 Å². The van der Waals surface area contributed by atoms with Crippen LogP contribution in [-0.2, 0) is 19.4 Å². The fraction of sp³-hybridized carbons (Fsp3) is 0.529. The summed E-state index contributed by atoms with van der Waals surface area (Å²) in [7, 11) is 4.18. The summed E-state index contributed by atoms with van der Waals surface area (Å²) in [5.41, 5.74) is 2.60. The van der Waals surface area contributed by atoms with Crippen molar-refractivity contribution >= 4 is 5.69 Å². The van der Waals surface area contributed by atoms with Crippen LogP contribution in [0.25, 0.3) is 0 Å². The average Bonchev–Trinajstić information content (AvgIpc) is 3.11. The molecule has 0 spiro atoms. The van der Waals surface area contributed by atoms with Crippen molar-refractivity contribution < 1.29 is 0 Å². The monoisotopic (exact) mass is 299 g/mol. The molecule has 0 saturated heterocycles. The molecule has 0 radical (unpaired) electrons. The summed E-state index contributed by atoms with van der Waals surface area (Å²) in [4.78, 5) is 2.17. The fourth-order valence-electron chi connectivity index (χ4n) is 3.17. The first kappa shape index (κ1) is 15.0. The van der Waals surface area contributed by atoms with Gasteiger partial charge < -0.3 is 14.8 Å². The minimum atomic E-state index is 0.319. The molecule has 0 saturated carbocycles. The van der Waals surface area contributed by atoms with Gasteiger partial charge >= 0.3 is 0 Å². The summed E-state index contributed by atoms with van der Waals surface area (Å²) in [6.45, 7) is 4.22. The second kappa shape index (κ2) is 6.48. The molecule has 5 nitrogen and oxygen atoms in total. The van der Waals surface area contributed by atoms with E-state index in [-0.39, 0.29) is 0 Å². The van der Waals surface area contributed by atoms with Gasteiger partial charge in [-0.25, -0.2) is 0 Å². The third-order valence-corrected chi connectivity index (χ3v) is 4.37. The Morgan fingerprint density at radius 1 is 1.27 bits per heavy atom. The number of fused-ring (bicyclic) bond motifs is 1. The van der Waals surface area contributed by atoms with Crippen LogP contribution >= 0.6 is 0 Å². The molecule has 1 atom stereocenters. The zero-order valence-electron chi connectivity index (χ0n) is 13.7. The van der Waals surface area contributed by atoms with Gasteiger partial charge in [0.05, 0.1) is 0 Å². The summed E-state index contributed by atoms with van der Waals surface area (Å²) in [5, 5.41) is 12.2. The van der Waals surface area contributed by atoms with Crippen LogP contribution < -0.4 is 10.2 Å². The molecule has 0 fully saturated rings. The van der Waals surface area contributed by atoms with Crippen LogP contribution in [0.5, 0.6) is 0 Å². The highest BCUT2D eigenvalue weighted by molar-refractivity contribution is 5.53. The minimum absolute atomic E-state index is 0.319. The van der Waals surface area contributed by atoms with Crippen molar-refractivity contribution in [2.75, 3.05) is 25.5 Å². The molecule has 118 valence electrons. The molecule has 2 heterocycles. The Balaban J connectivity index is 1.59. The van der Waals surface area contributed by atoms with Gasteiger partial charge in [-0.2, -0.15) is 0 Å². The molecule has 22 heavy (non-hydrogen) atoms. The van der Waals surface area contributed by atoms with Crippen LogP contribution in [0.4, 0.5) is 5.69 Å². The molecule has 0 amide bonds. The third kappa shape index (κ3) is 2.99. The molecule has 1 aliphatic rings. The Morgan fingerprint density at radius 2 is 2.09 bits per heavy atom. The largest absolute Gasteiger partial charge is 0.377 e. The van der Waals surface area contributed by atoms with E-state index in [1.165, 1.54) is 17.7 Å². The van der Waals surface area contributed by atoms with Crippen molar-refractivity contribution in [2.45, 2.75) is 38.8 Å². The van der Waals surface area contributed by atoms with Crippen molar-refractivity contribution in [3.05, 3.63) is 41.5 Å². The van der Waals surface area contributed by atoms with Gasteiger partial charge in [-0.1, -0.05) is 18.2 Å². The van der Waals surface area contributed by atoms with Gasteiger partial charge in [0.1, 0.15) is 11.6 Å². The Kier molecular flexibility index (Phi) is 4.43. The number of hydrogen-bond acceptors (Lipinski definition) is 4. The molecular formula is C17H25N5. The first-order valence-corrected chi connectivity index (χ1v) is 8.07. The number of nitrogens with one attached hydrogen (secondary N) is 1. The predicted octanol–water partition coefficient (Wildman–Crippen LogP) is 2.18. The number of benzene rings is 1. The van der Waals surface area contributed by atoms with E-state index in [2.05, 4.69) is 70.3 Å². The number of aromatic nitrogens is 3. The van der Waals surface area contributed by atoms with E-state index in [9.17, 15) is 0 Å². The van der Waals surface area contributed by atoms with E-state index in [4.69, 9.17) is 0 Å². The normalized spacial score (nSPS) is 14.9. The maximum Gasteiger partial charge on any atom is 0.134 e. The van der Waals surface area contributed by atoms with E-state index >= 15 is 0 Å². The number of para-hydroxylation sites is 1. The fourth-order valence-corrected chi connectivity index (χ4v) is 3.17. The Morgan fingerprint density at radius 3 is 2.91 bits per heavy atom. The Labute approximate surface area is 132 Å². The third-order valence-electron chi connectivity index (χ3n) is 4.37. The number of anilines is 1. The topological polar surface area (TPSA) is 46.0 Å². The first-order valence-electron chi connectivity index (χ1n) is 8.07. The number of nitrogens with zero attached hydrogens (tertiary/aromatic N) is 4. The lowest BCUT2D eigenvalue weighted by Gasteiger charge is -2.22. The van der Waals surface area contributed by atoms with Crippen LogP contribution in [0.15, 0.2) is 24.3 Å². The van der Waals surface area contributed by atoms with Crippen LogP contribution in [0, 0.1) is 0 Å². The SMILES string of the molecule is C[C@@H](NCCc1nnc2n1CCC2)c1ccccc1N(C)C. The molecule has 0 unspecified atom stereocenters. The molecule has 1 aliphatic heterocycles. The molecular weight excluding hydrogens is 274 g/mol. The van der Waals surface area contributed by atoms with Crippen LogP contribution in [0.1, 0.15) is 36.6 Å². The summed E-state index contributed by atoms with van der Waals surface area (Å²) >= 11 is 0. The van der Waals surface area contributed by atoms with Crippen molar-refractivity contribution in [1.29, 1.82) is 0 Å². The van der Waals surface area contributed by atoms with E-state index in [1.54, 1.807) is 0 Å². The van der Waals surface area contributed by atoms with Crippen molar-refractivity contribution in [3.63, 3.8) is 0 Å². The molecule has 1 aromatic heterocycles. The lowest BCUT2D eigenvalue weighted by atomic mass is 10.1. The summed E-state index contributed by atoms with van der Waals surface area (Å²) in [6.07, 6.45) is 3.21. The number of rotatable bonds is 6. The van der Waals surface area contributed by atoms with Crippen molar-refractivity contribution in [1.82, 2.24) is 20.1 Å². The highest BCUT2D eigenvalue weighted by Gasteiger charge is 2.17. The number of hydrogen-bond donors (Lipinski definition) is 1. The Bertz CT molecular complexity index is 632. The predicted molar refractivity (Wildman–Crippen MR) is 89.2 cm³/mol. The van der Waals surface area contributed by atoms with Gasteiger partial charge in [0.15, 0.2) is 0 Å². The van der Waals surface area contributed by atoms with Gasteiger partial charge in [-0.05, 0) is 25.0 Å². The average molecular weight is 299 g/mol. The molecule has 3 rings (SSSR count).